The fourth-order valence-corrected chi connectivity index (χ4v) is 3.52. The third-order valence-corrected chi connectivity index (χ3v) is 4.89. The highest BCUT2D eigenvalue weighted by Gasteiger charge is 2.22. The Balaban J connectivity index is 1.60. The predicted molar refractivity (Wildman–Crippen MR) is 96.3 cm³/mol. The minimum Gasteiger partial charge on any atom is -0.345 e. The molecule has 25 heavy (non-hydrogen) atoms. The van der Waals surface area contributed by atoms with E-state index in [9.17, 15) is 14.4 Å². The molecule has 1 saturated heterocycles. The van der Waals surface area contributed by atoms with E-state index in [-0.39, 0.29) is 11.9 Å². The summed E-state index contributed by atoms with van der Waals surface area (Å²) in [7, 11) is 0. The second-order valence-electron chi connectivity index (χ2n) is 6.82. The number of carbonyl (C=O) groups excluding carboxylic acids is 3. The molecule has 1 aromatic carbocycles. The summed E-state index contributed by atoms with van der Waals surface area (Å²) in [4.78, 5) is 38.0. The second kappa shape index (κ2) is 8.14. The first-order valence-electron chi connectivity index (χ1n) is 9.16. The zero-order chi connectivity index (χ0) is 17.6. The molecule has 2 fully saturated rings. The topological polar surface area (TPSA) is 78.5 Å². The smallest absolute Gasteiger partial charge is 0.313 e. The summed E-state index contributed by atoms with van der Waals surface area (Å²) in [6.45, 7) is 0.693. The Kier molecular flexibility index (Phi) is 5.68. The van der Waals surface area contributed by atoms with Gasteiger partial charge in [0.1, 0.15) is 0 Å². The number of benzene rings is 1. The van der Waals surface area contributed by atoms with Crippen molar-refractivity contribution in [3.8, 4) is 0 Å². The number of piperidine rings is 1. The van der Waals surface area contributed by atoms with Crippen molar-refractivity contribution in [3.05, 3.63) is 24.3 Å². The summed E-state index contributed by atoms with van der Waals surface area (Å²) < 4.78 is 0. The first kappa shape index (κ1) is 17.5. The Morgan fingerprint density at radius 1 is 1.00 bits per heavy atom. The van der Waals surface area contributed by atoms with Gasteiger partial charge in [-0.3, -0.25) is 14.4 Å². The van der Waals surface area contributed by atoms with Gasteiger partial charge in [-0.1, -0.05) is 25.3 Å². The van der Waals surface area contributed by atoms with Gasteiger partial charge in [-0.2, -0.15) is 0 Å². The van der Waals surface area contributed by atoms with Crippen molar-refractivity contribution in [2.45, 2.75) is 57.4 Å². The molecule has 1 aliphatic carbocycles. The molecule has 6 heteroatoms. The van der Waals surface area contributed by atoms with Crippen LogP contribution in [-0.4, -0.2) is 30.3 Å². The number of amides is 3. The fraction of sp³-hybridized carbons (Fsp3) is 0.526. The van der Waals surface area contributed by atoms with Gasteiger partial charge in [0, 0.05) is 30.4 Å². The molecule has 6 nitrogen and oxygen atoms in total. The predicted octanol–water partition coefficient (Wildman–Crippen LogP) is 2.59. The molecular formula is C19H25N3O3. The number of rotatable bonds is 3. The number of nitrogens with zero attached hydrogens (tertiary/aromatic N) is 1. The number of hydrogen-bond donors (Lipinski definition) is 2. The van der Waals surface area contributed by atoms with Crippen molar-refractivity contribution >= 4 is 29.1 Å². The Morgan fingerprint density at radius 2 is 1.80 bits per heavy atom. The summed E-state index contributed by atoms with van der Waals surface area (Å²) >= 11 is 0. The van der Waals surface area contributed by atoms with Crippen molar-refractivity contribution in [2.75, 3.05) is 16.8 Å². The van der Waals surface area contributed by atoms with Crippen molar-refractivity contribution in [1.82, 2.24) is 5.32 Å². The number of anilines is 2. The molecule has 1 heterocycles. The number of nitrogens with one attached hydrogen (secondary N) is 2. The van der Waals surface area contributed by atoms with Gasteiger partial charge in [0.25, 0.3) is 0 Å². The summed E-state index contributed by atoms with van der Waals surface area (Å²) in [6.07, 6.45) is 7.72. The average molecular weight is 343 g/mol. The molecule has 0 spiro atoms. The molecule has 134 valence electrons. The average Bonchev–Trinajstić information content (AvgIpc) is 2.63. The second-order valence-corrected chi connectivity index (χ2v) is 6.82. The summed E-state index contributed by atoms with van der Waals surface area (Å²) in [6, 6.07) is 7.20. The van der Waals surface area contributed by atoms with Gasteiger partial charge in [-0.25, -0.2) is 0 Å². The quantitative estimate of drug-likeness (QED) is 0.828. The molecule has 0 radical (unpaired) electrons. The van der Waals surface area contributed by atoms with E-state index in [1.807, 2.05) is 6.07 Å². The van der Waals surface area contributed by atoms with Gasteiger partial charge >= 0.3 is 11.8 Å². The lowest BCUT2D eigenvalue weighted by Gasteiger charge is -2.27. The molecule has 3 rings (SSSR count). The minimum absolute atomic E-state index is 0.101. The number of carbonyl (C=O) groups is 3. The van der Waals surface area contributed by atoms with Crippen LogP contribution >= 0.6 is 0 Å². The zero-order valence-electron chi connectivity index (χ0n) is 14.4. The molecule has 1 aromatic rings. The Labute approximate surface area is 148 Å². The van der Waals surface area contributed by atoms with Crippen LogP contribution in [0.25, 0.3) is 0 Å². The summed E-state index contributed by atoms with van der Waals surface area (Å²) in [5, 5.41) is 5.45. The maximum absolute atomic E-state index is 12.1. The van der Waals surface area contributed by atoms with Gasteiger partial charge in [-0.05, 0) is 43.9 Å². The van der Waals surface area contributed by atoms with Gasteiger partial charge in [0.05, 0.1) is 0 Å². The van der Waals surface area contributed by atoms with Gasteiger partial charge in [0.2, 0.25) is 5.91 Å². The third-order valence-electron chi connectivity index (χ3n) is 4.89. The van der Waals surface area contributed by atoms with Gasteiger partial charge < -0.3 is 15.5 Å². The van der Waals surface area contributed by atoms with Crippen molar-refractivity contribution in [2.24, 2.45) is 0 Å². The largest absolute Gasteiger partial charge is 0.345 e. The minimum atomic E-state index is -0.660. The van der Waals surface area contributed by atoms with Crippen LogP contribution in [0.3, 0.4) is 0 Å². The van der Waals surface area contributed by atoms with E-state index in [2.05, 4.69) is 10.6 Å². The van der Waals surface area contributed by atoms with Gasteiger partial charge in [-0.15, -0.1) is 0 Å². The summed E-state index contributed by atoms with van der Waals surface area (Å²) in [5.74, 6) is -1.15. The van der Waals surface area contributed by atoms with Crippen molar-refractivity contribution < 1.29 is 14.4 Å². The van der Waals surface area contributed by atoms with Crippen LogP contribution in [-0.2, 0) is 14.4 Å². The molecule has 1 saturated carbocycles. The van der Waals surface area contributed by atoms with E-state index in [1.165, 1.54) is 6.42 Å². The van der Waals surface area contributed by atoms with Crippen LogP contribution in [0.1, 0.15) is 51.4 Å². The molecule has 2 aliphatic rings. The van der Waals surface area contributed by atoms with Crippen LogP contribution in [0, 0.1) is 0 Å². The standard InChI is InChI=1S/C19H25N3O3/c23-17-11-4-5-12-22(17)16-10-6-9-15(13-16)21-19(25)18(24)20-14-7-2-1-3-8-14/h6,9-10,13-14H,1-5,7-8,11-12H2,(H,20,24)(H,21,25). The molecule has 0 aromatic heterocycles. The first-order chi connectivity index (χ1) is 12.1. The molecule has 3 amide bonds. The Hall–Kier alpha value is -2.37. The highest BCUT2D eigenvalue weighted by molar-refractivity contribution is 6.39. The highest BCUT2D eigenvalue weighted by atomic mass is 16.2. The van der Waals surface area contributed by atoms with E-state index in [0.29, 0.717) is 18.7 Å². The van der Waals surface area contributed by atoms with Crippen LogP contribution in [0.15, 0.2) is 24.3 Å². The normalized spacial score (nSPS) is 18.7. The monoisotopic (exact) mass is 343 g/mol. The van der Waals surface area contributed by atoms with Crippen LogP contribution in [0.4, 0.5) is 11.4 Å². The van der Waals surface area contributed by atoms with E-state index < -0.39 is 11.8 Å². The SMILES string of the molecule is O=C(Nc1cccc(N2CCCCC2=O)c1)C(=O)NC1CCCCC1. The lowest BCUT2D eigenvalue weighted by Crippen LogP contribution is -2.42. The van der Waals surface area contributed by atoms with Crippen molar-refractivity contribution in [1.29, 1.82) is 0 Å². The van der Waals surface area contributed by atoms with Crippen LogP contribution in [0.5, 0.6) is 0 Å². The Bertz CT molecular complexity index is 653. The molecule has 0 bridgehead atoms. The summed E-state index contributed by atoms with van der Waals surface area (Å²) in [5.41, 5.74) is 1.29. The Morgan fingerprint density at radius 3 is 2.56 bits per heavy atom. The highest BCUT2D eigenvalue weighted by Crippen LogP contribution is 2.24. The van der Waals surface area contributed by atoms with E-state index in [1.54, 1.807) is 23.1 Å². The molecule has 0 unspecified atom stereocenters. The molecule has 2 N–H and O–H groups in total. The van der Waals surface area contributed by atoms with Crippen LogP contribution < -0.4 is 15.5 Å². The maximum atomic E-state index is 12.1. The number of hydrogen-bond acceptors (Lipinski definition) is 3. The molecular weight excluding hydrogens is 318 g/mol. The maximum Gasteiger partial charge on any atom is 0.313 e. The lowest BCUT2D eigenvalue weighted by molar-refractivity contribution is -0.136. The van der Waals surface area contributed by atoms with Crippen LogP contribution in [0.2, 0.25) is 0 Å². The van der Waals surface area contributed by atoms with Crippen molar-refractivity contribution in [3.63, 3.8) is 0 Å². The molecule has 0 atom stereocenters. The first-order valence-corrected chi connectivity index (χ1v) is 9.16. The third kappa shape index (κ3) is 4.59. The van der Waals surface area contributed by atoms with E-state index in [4.69, 9.17) is 0 Å². The fourth-order valence-electron chi connectivity index (χ4n) is 3.52. The van der Waals surface area contributed by atoms with E-state index in [0.717, 1.165) is 44.2 Å². The lowest BCUT2D eigenvalue weighted by atomic mass is 9.95. The van der Waals surface area contributed by atoms with Gasteiger partial charge in [0.15, 0.2) is 0 Å². The molecule has 1 aliphatic heterocycles. The zero-order valence-corrected chi connectivity index (χ0v) is 14.4. The van der Waals surface area contributed by atoms with E-state index >= 15 is 0 Å².